The molecule has 1 N–H and O–H groups in total. The molecule has 10 heteroatoms. The first-order valence-electron chi connectivity index (χ1n) is 10.7. The highest BCUT2D eigenvalue weighted by Gasteiger charge is 2.32. The molecule has 174 valence electrons. The molecule has 1 aliphatic rings. The largest absolute Gasteiger partial charge is 0.493 e. The number of fused-ring (bicyclic) bond motifs is 1. The summed E-state index contributed by atoms with van der Waals surface area (Å²) < 4.78 is 32.0. The Hall–Kier alpha value is -2.62. The summed E-state index contributed by atoms with van der Waals surface area (Å²) in [6.07, 6.45) is 1.36. The zero-order valence-corrected chi connectivity index (χ0v) is 20.2. The lowest BCUT2D eigenvalue weighted by atomic mass is 9.96. The molecule has 1 atom stereocenters. The topological polar surface area (TPSA) is 68.7 Å². The second-order valence-electron chi connectivity index (χ2n) is 8.89. The molecule has 1 unspecified atom stereocenters. The van der Waals surface area contributed by atoms with E-state index in [1.54, 1.807) is 27.1 Å². The molecule has 1 fully saturated rings. The standard InChI is InChI=1S/C23H27BClFN4O3/c1-23(2)11-33-13(9-30(23)3)10-32-21-8-18-14(5-20(21)31-4)22(28-12-27-18)29-19-7-16(25)15(24)6-17(19)26/h5-8,12-13H,9-11,24H2,1-4H3,(H,27,28,29). The quantitative estimate of drug-likeness (QED) is 0.553. The van der Waals surface area contributed by atoms with E-state index in [1.807, 2.05) is 0 Å². The van der Waals surface area contributed by atoms with Gasteiger partial charge in [-0.1, -0.05) is 17.1 Å². The molecule has 33 heavy (non-hydrogen) atoms. The van der Waals surface area contributed by atoms with Crippen LogP contribution in [-0.4, -0.2) is 68.3 Å². The van der Waals surface area contributed by atoms with Crippen molar-refractivity contribution >= 4 is 47.3 Å². The number of halogens is 2. The van der Waals surface area contributed by atoms with Crippen molar-refractivity contribution in [2.24, 2.45) is 0 Å². The zero-order valence-electron chi connectivity index (χ0n) is 19.4. The molecule has 0 amide bonds. The van der Waals surface area contributed by atoms with Crippen molar-refractivity contribution in [2.75, 3.05) is 39.2 Å². The van der Waals surface area contributed by atoms with Crippen LogP contribution in [0.25, 0.3) is 10.9 Å². The third kappa shape index (κ3) is 5.00. The molecular weight excluding hydrogens is 446 g/mol. The van der Waals surface area contributed by atoms with Crippen LogP contribution in [0.5, 0.6) is 11.5 Å². The van der Waals surface area contributed by atoms with Gasteiger partial charge in [0.25, 0.3) is 0 Å². The number of rotatable bonds is 6. The minimum atomic E-state index is -0.420. The Morgan fingerprint density at radius 3 is 2.79 bits per heavy atom. The second kappa shape index (κ2) is 9.33. The van der Waals surface area contributed by atoms with Crippen LogP contribution < -0.4 is 20.3 Å². The van der Waals surface area contributed by atoms with Crippen LogP contribution in [0, 0.1) is 5.82 Å². The van der Waals surface area contributed by atoms with Gasteiger partial charge in [-0.15, -0.1) is 0 Å². The first kappa shape index (κ1) is 23.5. The predicted octanol–water partition coefficient (Wildman–Crippen LogP) is 2.92. The molecule has 1 aromatic heterocycles. The SMILES string of the molecule is Bc1cc(F)c(Nc2ncnc3cc(OCC4CN(C)C(C)(C)CO4)c(OC)cc23)cc1Cl. The summed E-state index contributed by atoms with van der Waals surface area (Å²) in [6.45, 7) is 6.08. The molecule has 7 nitrogen and oxygen atoms in total. The van der Waals surface area contributed by atoms with Gasteiger partial charge in [0.05, 0.1) is 24.9 Å². The molecule has 0 saturated carbocycles. The number of hydrogen-bond donors (Lipinski definition) is 1. The van der Waals surface area contributed by atoms with Gasteiger partial charge >= 0.3 is 0 Å². The van der Waals surface area contributed by atoms with Crippen LogP contribution >= 0.6 is 11.6 Å². The molecule has 2 aromatic carbocycles. The Labute approximate surface area is 198 Å². The Morgan fingerprint density at radius 1 is 1.27 bits per heavy atom. The van der Waals surface area contributed by atoms with Crippen molar-refractivity contribution < 1.29 is 18.6 Å². The predicted molar refractivity (Wildman–Crippen MR) is 131 cm³/mol. The lowest BCUT2D eigenvalue weighted by Gasteiger charge is -2.43. The second-order valence-corrected chi connectivity index (χ2v) is 9.29. The van der Waals surface area contributed by atoms with E-state index >= 15 is 0 Å². The van der Waals surface area contributed by atoms with E-state index in [0.717, 1.165) is 6.54 Å². The smallest absolute Gasteiger partial charge is 0.163 e. The average molecular weight is 473 g/mol. The lowest BCUT2D eigenvalue weighted by Crippen LogP contribution is -2.55. The van der Waals surface area contributed by atoms with Crippen molar-refractivity contribution in [3.8, 4) is 11.5 Å². The molecule has 0 spiro atoms. The monoisotopic (exact) mass is 472 g/mol. The van der Waals surface area contributed by atoms with E-state index in [0.29, 0.717) is 51.9 Å². The van der Waals surface area contributed by atoms with Crippen molar-refractivity contribution in [3.05, 3.63) is 41.4 Å². The summed E-state index contributed by atoms with van der Waals surface area (Å²) in [5.41, 5.74) is 1.52. The van der Waals surface area contributed by atoms with E-state index in [9.17, 15) is 4.39 Å². The zero-order chi connectivity index (χ0) is 23.8. The number of morpholine rings is 1. The summed E-state index contributed by atoms with van der Waals surface area (Å²) in [5.74, 6) is 1.09. The van der Waals surface area contributed by atoms with Gasteiger partial charge in [0.15, 0.2) is 11.5 Å². The fourth-order valence-corrected chi connectivity index (χ4v) is 3.79. The van der Waals surface area contributed by atoms with E-state index in [-0.39, 0.29) is 17.3 Å². The third-order valence-electron chi connectivity index (χ3n) is 6.03. The van der Waals surface area contributed by atoms with Gasteiger partial charge in [-0.25, -0.2) is 14.4 Å². The average Bonchev–Trinajstić information content (AvgIpc) is 2.78. The maximum absolute atomic E-state index is 14.5. The maximum Gasteiger partial charge on any atom is 0.163 e. The number of likely N-dealkylation sites (N-methyl/N-ethyl adjacent to an activating group) is 1. The van der Waals surface area contributed by atoms with Crippen molar-refractivity contribution in [2.45, 2.75) is 25.5 Å². The van der Waals surface area contributed by atoms with Crippen molar-refractivity contribution in [3.63, 3.8) is 0 Å². The molecule has 0 aliphatic carbocycles. The number of methoxy groups -OCH3 is 1. The summed E-state index contributed by atoms with van der Waals surface area (Å²) >= 11 is 6.17. The van der Waals surface area contributed by atoms with Gasteiger partial charge in [0.1, 0.15) is 38.5 Å². The van der Waals surface area contributed by atoms with Crippen LogP contribution in [0.3, 0.4) is 0 Å². The van der Waals surface area contributed by atoms with Crippen LogP contribution in [-0.2, 0) is 4.74 Å². The molecule has 2 heterocycles. The summed E-state index contributed by atoms with van der Waals surface area (Å²) in [7, 11) is 5.40. The minimum Gasteiger partial charge on any atom is -0.493 e. The summed E-state index contributed by atoms with van der Waals surface area (Å²) in [5, 5.41) is 4.14. The van der Waals surface area contributed by atoms with Crippen molar-refractivity contribution in [1.82, 2.24) is 14.9 Å². The number of nitrogens with one attached hydrogen (secondary N) is 1. The Kier molecular flexibility index (Phi) is 6.65. The molecule has 0 radical (unpaired) electrons. The number of anilines is 2. The highest BCUT2D eigenvalue weighted by Crippen LogP contribution is 2.35. The number of nitrogens with zero attached hydrogens (tertiary/aromatic N) is 3. The van der Waals surface area contributed by atoms with Crippen molar-refractivity contribution in [1.29, 1.82) is 0 Å². The summed E-state index contributed by atoms with van der Waals surface area (Å²) in [4.78, 5) is 10.9. The molecule has 1 saturated heterocycles. The van der Waals surface area contributed by atoms with E-state index in [1.165, 1.54) is 18.5 Å². The number of hydrogen-bond acceptors (Lipinski definition) is 7. The first-order chi connectivity index (χ1) is 15.7. The molecule has 0 bridgehead atoms. The molecule has 1 aliphatic heterocycles. The van der Waals surface area contributed by atoms with Crippen LogP contribution in [0.4, 0.5) is 15.9 Å². The summed E-state index contributed by atoms with van der Waals surface area (Å²) in [6, 6.07) is 6.48. The molecule has 4 rings (SSSR count). The van der Waals surface area contributed by atoms with E-state index in [2.05, 4.69) is 41.1 Å². The number of ether oxygens (including phenoxy) is 3. The molecular formula is C23H27BClFN4O3. The normalized spacial score (nSPS) is 18.3. The Balaban J connectivity index is 1.58. The van der Waals surface area contributed by atoms with Gasteiger partial charge in [-0.3, -0.25) is 4.90 Å². The maximum atomic E-state index is 14.5. The van der Waals surface area contributed by atoms with Gasteiger partial charge in [0, 0.05) is 28.6 Å². The van der Waals surface area contributed by atoms with E-state index < -0.39 is 5.82 Å². The Bertz CT molecular complexity index is 1180. The number of aromatic nitrogens is 2. The minimum absolute atomic E-state index is 0.00138. The van der Waals surface area contributed by atoms with Gasteiger partial charge in [-0.2, -0.15) is 0 Å². The van der Waals surface area contributed by atoms with E-state index in [4.69, 9.17) is 25.8 Å². The lowest BCUT2D eigenvalue weighted by molar-refractivity contribution is -0.100. The Morgan fingerprint density at radius 2 is 2.06 bits per heavy atom. The fourth-order valence-electron chi connectivity index (χ4n) is 3.63. The number of benzene rings is 2. The van der Waals surface area contributed by atoms with Gasteiger partial charge in [-0.05, 0) is 39.1 Å². The fraction of sp³-hybridized carbons (Fsp3) is 0.391. The van der Waals surface area contributed by atoms with Crippen LogP contribution in [0.1, 0.15) is 13.8 Å². The van der Waals surface area contributed by atoms with Crippen LogP contribution in [0.2, 0.25) is 5.02 Å². The molecule has 3 aromatic rings. The van der Waals surface area contributed by atoms with Gasteiger partial charge in [0.2, 0.25) is 0 Å². The highest BCUT2D eigenvalue weighted by atomic mass is 35.5. The van der Waals surface area contributed by atoms with Gasteiger partial charge < -0.3 is 19.5 Å². The third-order valence-corrected chi connectivity index (χ3v) is 6.44. The highest BCUT2D eigenvalue weighted by molar-refractivity contribution is 6.45. The first-order valence-corrected chi connectivity index (χ1v) is 11.1. The van der Waals surface area contributed by atoms with Crippen LogP contribution in [0.15, 0.2) is 30.6 Å².